The number of carbonyl (C=O) groups is 1. The highest BCUT2D eigenvalue weighted by Crippen LogP contribution is 2.36. The van der Waals surface area contributed by atoms with Crippen LogP contribution in [0.25, 0.3) is 0 Å². The van der Waals surface area contributed by atoms with Crippen LogP contribution in [0.15, 0.2) is 29.2 Å². The van der Waals surface area contributed by atoms with Crippen LogP contribution in [0.2, 0.25) is 0 Å². The molecule has 0 spiro atoms. The molecule has 1 aromatic rings. The Balaban J connectivity index is 1.90. The first-order chi connectivity index (χ1) is 13.6. The minimum atomic E-state index is -3.72. The van der Waals surface area contributed by atoms with Gasteiger partial charge in [0, 0.05) is 39.6 Å². The van der Waals surface area contributed by atoms with Crippen molar-refractivity contribution < 1.29 is 22.7 Å². The van der Waals surface area contributed by atoms with Gasteiger partial charge < -0.3 is 14.4 Å². The number of amides is 1. The van der Waals surface area contributed by atoms with Crippen LogP contribution in [-0.4, -0.2) is 69.0 Å². The molecule has 1 saturated heterocycles. The lowest BCUT2D eigenvalue weighted by Gasteiger charge is -2.31. The Morgan fingerprint density at radius 2 is 1.90 bits per heavy atom. The molecular formula is C21H32N2O5S. The summed E-state index contributed by atoms with van der Waals surface area (Å²) in [6.07, 6.45) is 1.29. The van der Waals surface area contributed by atoms with Crippen LogP contribution in [0.5, 0.6) is 5.75 Å². The van der Waals surface area contributed by atoms with E-state index in [1.54, 1.807) is 31.4 Å². The molecule has 2 aliphatic rings. The molecule has 162 valence electrons. The number of hydrogen-bond donors (Lipinski definition) is 0. The van der Waals surface area contributed by atoms with E-state index in [1.807, 2.05) is 25.7 Å². The Morgan fingerprint density at radius 3 is 2.59 bits per heavy atom. The summed E-state index contributed by atoms with van der Waals surface area (Å²) in [5.41, 5.74) is -0.0864. The van der Waals surface area contributed by atoms with Crippen LogP contribution in [0, 0.1) is 5.41 Å². The standard InChI is InChI=1S/C21H32N2O5S/c1-21(2,3)15-20(24)22-11-9-16-17(10-12-22)28-18-7-5-6-8-19(18)29(25,26)23(16)13-14-27-4/h5-8,16-17H,9-15H2,1-4H3/t16-,17-/m1/s1. The summed E-state index contributed by atoms with van der Waals surface area (Å²) in [6.45, 7) is 7.79. The highest BCUT2D eigenvalue weighted by Gasteiger charge is 2.43. The molecule has 8 heteroatoms. The molecule has 2 heterocycles. The van der Waals surface area contributed by atoms with Gasteiger partial charge in [-0.25, -0.2) is 8.42 Å². The number of benzene rings is 1. The second-order valence-corrected chi connectivity index (χ2v) is 10.8. The van der Waals surface area contributed by atoms with E-state index in [-0.39, 0.29) is 34.9 Å². The predicted octanol–water partition coefficient (Wildman–Crippen LogP) is 2.51. The Bertz CT molecular complexity index is 834. The van der Waals surface area contributed by atoms with E-state index < -0.39 is 10.0 Å². The molecule has 0 aliphatic carbocycles. The van der Waals surface area contributed by atoms with Crippen LogP contribution in [0.4, 0.5) is 0 Å². The third-order valence-corrected chi connectivity index (χ3v) is 7.41. The lowest BCUT2D eigenvalue weighted by Crippen LogP contribution is -2.48. The number of nitrogens with zero attached hydrogens (tertiary/aromatic N) is 2. The number of methoxy groups -OCH3 is 1. The molecule has 2 aliphatic heterocycles. The van der Waals surface area contributed by atoms with Crippen LogP contribution in [0.3, 0.4) is 0 Å². The van der Waals surface area contributed by atoms with Gasteiger partial charge >= 0.3 is 0 Å². The zero-order valence-electron chi connectivity index (χ0n) is 17.8. The molecule has 29 heavy (non-hydrogen) atoms. The fraction of sp³-hybridized carbons (Fsp3) is 0.667. The molecule has 3 rings (SSSR count). The molecule has 1 amide bonds. The summed E-state index contributed by atoms with van der Waals surface area (Å²) in [6, 6.07) is 6.45. The van der Waals surface area contributed by atoms with Crippen molar-refractivity contribution in [3.63, 3.8) is 0 Å². The zero-order chi connectivity index (χ0) is 21.2. The van der Waals surface area contributed by atoms with Gasteiger partial charge in [0.15, 0.2) is 0 Å². The van der Waals surface area contributed by atoms with Crippen molar-refractivity contribution in [2.24, 2.45) is 5.41 Å². The summed E-state index contributed by atoms with van der Waals surface area (Å²) >= 11 is 0. The summed E-state index contributed by atoms with van der Waals surface area (Å²) < 4.78 is 39.7. The van der Waals surface area contributed by atoms with Gasteiger partial charge in [-0.1, -0.05) is 32.9 Å². The number of sulfonamides is 1. The minimum absolute atomic E-state index is 0.0864. The van der Waals surface area contributed by atoms with Crippen molar-refractivity contribution in [3.8, 4) is 5.75 Å². The molecule has 1 fully saturated rings. The number of likely N-dealkylation sites (tertiary alicyclic amines) is 1. The summed E-state index contributed by atoms with van der Waals surface area (Å²) in [4.78, 5) is 14.8. The SMILES string of the molecule is COCCN1[C@@H]2CCN(C(=O)CC(C)(C)C)CC[C@H]2Oc2ccccc2S1(=O)=O. The quantitative estimate of drug-likeness (QED) is 0.742. The van der Waals surface area contributed by atoms with Gasteiger partial charge in [-0.15, -0.1) is 0 Å². The zero-order valence-corrected chi connectivity index (χ0v) is 18.6. The van der Waals surface area contributed by atoms with Gasteiger partial charge in [0.25, 0.3) is 0 Å². The van der Waals surface area contributed by atoms with E-state index in [2.05, 4.69) is 0 Å². The lowest BCUT2D eigenvalue weighted by molar-refractivity contribution is -0.133. The van der Waals surface area contributed by atoms with Crippen molar-refractivity contribution in [2.75, 3.05) is 33.4 Å². The summed E-state index contributed by atoms with van der Waals surface area (Å²) in [7, 11) is -2.16. The predicted molar refractivity (Wildman–Crippen MR) is 110 cm³/mol. The highest BCUT2D eigenvalue weighted by molar-refractivity contribution is 7.89. The smallest absolute Gasteiger partial charge is 0.247 e. The third kappa shape index (κ3) is 4.92. The second kappa shape index (κ2) is 8.62. The van der Waals surface area contributed by atoms with Gasteiger partial charge in [-0.3, -0.25) is 4.79 Å². The first-order valence-electron chi connectivity index (χ1n) is 10.2. The average Bonchev–Trinajstić information content (AvgIpc) is 2.88. The van der Waals surface area contributed by atoms with E-state index >= 15 is 0 Å². The number of rotatable bonds is 4. The van der Waals surface area contributed by atoms with Crippen LogP contribution >= 0.6 is 0 Å². The van der Waals surface area contributed by atoms with Gasteiger partial charge in [0.05, 0.1) is 12.6 Å². The molecule has 1 aromatic carbocycles. The number of ether oxygens (including phenoxy) is 2. The summed E-state index contributed by atoms with van der Waals surface area (Å²) in [5.74, 6) is 0.498. The number of fused-ring (bicyclic) bond motifs is 2. The molecular weight excluding hydrogens is 392 g/mol. The van der Waals surface area contributed by atoms with Crippen molar-refractivity contribution in [1.29, 1.82) is 0 Å². The Kier molecular flexibility index (Phi) is 6.55. The fourth-order valence-corrected chi connectivity index (χ4v) is 5.82. The number of para-hydroxylation sites is 1. The highest BCUT2D eigenvalue weighted by atomic mass is 32.2. The monoisotopic (exact) mass is 424 g/mol. The Labute approximate surface area is 174 Å². The Morgan fingerprint density at radius 1 is 1.21 bits per heavy atom. The molecule has 2 atom stereocenters. The molecule has 0 unspecified atom stereocenters. The first kappa shape index (κ1) is 22.1. The second-order valence-electron chi connectivity index (χ2n) is 8.97. The molecule has 0 N–H and O–H groups in total. The molecule has 7 nitrogen and oxygen atoms in total. The fourth-order valence-electron chi connectivity index (χ4n) is 4.04. The van der Waals surface area contributed by atoms with Crippen molar-refractivity contribution in [1.82, 2.24) is 9.21 Å². The maximum atomic E-state index is 13.4. The van der Waals surface area contributed by atoms with Crippen LogP contribution in [-0.2, 0) is 19.6 Å². The molecule has 0 aromatic heterocycles. The Hall–Kier alpha value is -1.64. The minimum Gasteiger partial charge on any atom is -0.487 e. The van der Waals surface area contributed by atoms with Crippen molar-refractivity contribution in [2.45, 2.75) is 57.1 Å². The molecule has 0 saturated carbocycles. The van der Waals surface area contributed by atoms with Gasteiger partial charge in [0.1, 0.15) is 16.7 Å². The maximum Gasteiger partial charge on any atom is 0.247 e. The van der Waals surface area contributed by atoms with Gasteiger partial charge in [-0.2, -0.15) is 4.31 Å². The van der Waals surface area contributed by atoms with Crippen LogP contribution < -0.4 is 4.74 Å². The number of hydrogen-bond acceptors (Lipinski definition) is 5. The molecule has 0 bridgehead atoms. The van der Waals surface area contributed by atoms with Crippen LogP contribution in [0.1, 0.15) is 40.0 Å². The normalized spacial score (nSPS) is 24.6. The maximum absolute atomic E-state index is 13.4. The van der Waals surface area contributed by atoms with Gasteiger partial charge in [-0.05, 0) is 24.0 Å². The lowest BCUT2D eigenvalue weighted by atomic mass is 9.91. The van der Waals surface area contributed by atoms with E-state index in [9.17, 15) is 13.2 Å². The topological polar surface area (TPSA) is 76.2 Å². The number of carbonyl (C=O) groups excluding carboxylic acids is 1. The molecule has 0 radical (unpaired) electrons. The third-order valence-electron chi connectivity index (χ3n) is 5.44. The first-order valence-corrected chi connectivity index (χ1v) is 11.6. The van der Waals surface area contributed by atoms with Gasteiger partial charge in [0.2, 0.25) is 15.9 Å². The van der Waals surface area contributed by atoms with E-state index in [0.29, 0.717) is 44.7 Å². The van der Waals surface area contributed by atoms with Crippen molar-refractivity contribution >= 4 is 15.9 Å². The average molecular weight is 425 g/mol. The van der Waals surface area contributed by atoms with E-state index in [4.69, 9.17) is 9.47 Å². The summed E-state index contributed by atoms with van der Waals surface area (Å²) in [5, 5.41) is 0. The van der Waals surface area contributed by atoms with Crippen molar-refractivity contribution in [3.05, 3.63) is 24.3 Å². The van der Waals surface area contributed by atoms with E-state index in [1.165, 1.54) is 4.31 Å². The largest absolute Gasteiger partial charge is 0.487 e. The van der Waals surface area contributed by atoms with E-state index in [0.717, 1.165) is 0 Å².